The summed E-state index contributed by atoms with van der Waals surface area (Å²) in [7, 11) is 1.40. The zero-order valence-corrected chi connectivity index (χ0v) is 27.9. The van der Waals surface area contributed by atoms with Crippen molar-refractivity contribution in [1.82, 2.24) is 4.90 Å². The van der Waals surface area contributed by atoms with E-state index in [2.05, 4.69) is 6.07 Å². The molecular formula is C36H35Cl2F2N3O4. The van der Waals surface area contributed by atoms with E-state index in [1.807, 2.05) is 25.7 Å². The number of methoxy groups -OCH3 is 1. The van der Waals surface area contributed by atoms with E-state index in [1.54, 1.807) is 17.0 Å². The standard InChI is InChI=1S/C36H35Cl2F2N3O4/c1-35(2,3)17-28-36(18-41,23-13-12-21(37)16-25(23)39)29(22-9-6-10-24(38)30(22)40)31-33(44)42(32(43(28)31)19-7-5-8-19)26-14-11-20(34(45)46)15-27(26)47-4/h6,9-16,19,28-29,31-32H,5,7-8,17H2,1-4H3,(H,45,46)/t28-,29?,31+,32+,36-/m0/s1. The van der Waals surface area contributed by atoms with Gasteiger partial charge in [-0.05, 0) is 72.6 Å². The molecule has 2 heterocycles. The van der Waals surface area contributed by atoms with Crippen LogP contribution in [-0.4, -0.2) is 47.2 Å². The van der Waals surface area contributed by atoms with Crippen LogP contribution < -0.4 is 9.64 Å². The fourth-order valence-corrected chi connectivity index (χ4v) is 8.29. The van der Waals surface area contributed by atoms with E-state index in [9.17, 15) is 15.2 Å². The molecule has 1 saturated carbocycles. The van der Waals surface area contributed by atoms with Crippen molar-refractivity contribution in [2.24, 2.45) is 11.3 Å². The van der Waals surface area contributed by atoms with Gasteiger partial charge in [0.25, 0.3) is 0 Å². The van der Waals surface area contributed by atoms with Gasteiger partial charge in [0.15, 0.2) is 0 Å². The molecule has 0 bridgehead atoms. The van der Waals surface area contributed by atoms with Crippen LogP contribution in [-0.2, 0) is 10.2 Å². The van der Waals surface area contributed by atoms with Crippen LogP contribution in [0.25, 0.3) is 0 Å². The predicted molar refractivity (Wildman–Crippen MR) is 175 cm³/mol. The van der Waals surface area contributed by atoms with E-state index < -0.39 is 58.5 Å². The molecule has 3 fully saturated rings. The summed E-state index contributed by atoms with van der Waals surface area (Å²) in [5, 5.41) is 21.0. The van der Waals surface area contributed by atoms with Gasteiger partial charge in [-0.15, -0.1) is 0 Å². The van der Waals surface area contributed by atoms with Crippen molar-refractivity contribution in [1.29, 1.82) is 5.26 Å². The number of ether oxygens (including phenoxy) is 1. The Morgan fingerprint density at radius 3 is 2.43 bits per heavy atom. The number of carbonyl (C=O) groups is 2. The average Bonchev–Trinajstić information content (AvgIpc) is 3.41. The molecule has 3 aromatic rings. The molecule has 246 valence electrons. The van der Waals surface area contributed by atoms with Crippen molar-refractivity contribution >= 4 is 40.8 Å². The Labute approximate surface area is 282 Å². The number of rotatable bonds is 7. The van der Waals surface area contributed by atoms with Crippen LogP contribution in [0.1, 0.15) is 73.9 Å². The second-order valence-electron chi connectivity index (χ2n) is 13.9. The molecule has 1 unspecified atom stereocenters. The average molecular weight is 683 g/mol. The molecular weight excluding hydrogens is 647 g/mol. The van der Waals surface area contributed by atoms with Gasteiger partial charge in [0.1, 0.15) is 28.8 Å². The maximum atomic E-state index is 16.3. The first kappa shape index (κ1) is 33.2. The van der Waals surface area contributed by atoms with Crippen molar-refractivity contribution in [3.05, 3.63) is 93.0 Å². The molecule has 5 atom stereocenters. The SMILES string of the molecule is COc1cc(C(=O)O)ccc1N1C(=O)[C@H]2C(c3cccc(Cl)c3F)[C@@](C#N)(c3ccc(Cl)cc3F)[C@H](CC(C)(C)C)N2[C@@H]1C1CCC1. The lowest BCUT2D eigenvalue weighted by molar-refractivity contribution is -0.119. The number of nitrogens with zero attached hydrogens (tertiary/aromatic N) is 3. The predicted octanol–water partition coefficient (Wildman–Crippen LogP) is 8.19. The summed E-state index contributed by atoms with van der Waals surface area (Å²) in [6, 6.07) is 13.5. The van der Waals surface area contributed by atoms with Crippen LogP contribution in [0.4, 0.5) is 14.5 Å². The lowest BCUT2D eigenvalue weighted by atomic mass is 9.62. The number of hydrogen-bond acceptors (Lipinski definition) is 5. The monoisotopic (exact) mass is 681 g/mol. The van der Waals surface area contributed by atoms with Crippen molar-refractivity contribution in [2.45, 2.75) is 76.0 Å². The quantitative estimate of drug-likeness (QED) is 0.270. The van der Waals surface area contributed by atoms with E-state index in [0.29, 0.717) is 12.1 Å². The number of halogens is 4. The topological polar surface area (TPSA) is 93.9 Å². The molecule has 1 aliphatic carbocycles. The number of carboxylic acids is 1. The Balaban J connectivity index is 1.68. The third-order valence-corrected chi connectivity index (χ3v) is 10.5. The molecule has 6 rings (SSSR count). The fraction of sp³-hybridized carbons (Fsp3) is 0.417. The number of benzene rings is 3. The number of carboxylic acid groups (broad SMARTS) is 1. The van der Waals surface area contributed by atoms with Gasteiger partial charge in [-0.3, -0.25) is 14.6 Å². The van der Waals surface area contributed by atoms with Crippen molar-refractivity contribution in [2.75, 3.05) is 12.0 Å². The highest BCUT2D eigenvalue weighted by Crippen LogP contribution is 2.61. The third kappa shape index (κ3) is 5.26. The first-order valence-corrected chi connectivity index (χ1v) is 16.3. The third-order valence-electron chi connectivity index (χ3n) is 10.0. The second kappa shape index (κ2) is 12.1. The van der Waals surface area contributed by atoms with Gasteiger partial charge in [-0.2, -0.15) is 5.26 Å². The largest absolute Gasteiger partial charge is 0.495 e. The fourth-order valence-electron chi connectivity index (χ4n) is 7.94. The van der Waals surface area contributed by atoms with Crippen molar-refractivity contribution < 1.29 is 28.2 Å². The number of amides is 1. The number of carbonyl (C=O) groups excluding carboxylic acids is 1. The van der Waals surface area contributed by atoms with Crippen LogP contribution in [0.5, 0.6) is 5.75 Å². The van der Waals surface area contributed by atoms with E-state index >= 15 is 13.6 Å². The Morgan fingerprint density at radius 2 is 1.85 bits per heavy atom. The summed E-state index contributed by atoms with van der Waals surface area (Å²) < 4.78 is 38.1. The van der Waals surface area contributed by atoms with Gasteiger partial charge < -0.3 is 9.84 Å². The molecule has 0 spiro atoms. The van der Waals surface area contributed by atoms with Gasteiger partial charge in [0.2, 0.25) is 5.91 Å². The summed E-state index contributed by atoms with van der Waals surface area (Å²) in [6.07, 6.45) is 2.27. The highest BCUT2D eigenvalue weighted by molar-refractivity contribution is 6.31. The molecule has 1 N–H and O–H groups in total. The van der Waals surface area contributed by atoms with Gasteiger partial charge in [-0.1, -0.05) is 68.6 Å². The van der Waals surface area contributed by atoms with E-state index in [1.165, 1.54) is 43.5 Å². The number of hydrogen-bond donors (Lipinski definition) is 1. The van der Waals surface area contributed by atoms with Crippen molar-refractivity contribution in [3.8, 4) is 11.8 Å². The first-order valence-electron chi connectivity index (χ1n) is 15.6. The molecule has 3 aromatic carbocycles. The highest BCUT2D eigenvalue weighted by Gasteiger charge is 2.71. The summed E-state index contributed by atoms with van der Waals surface area (Å²) in [5.74, 6) is -4.08. The molecule has 1 amide bonds. The lowest BCUT2D eigenvalue weighted by Gasteiger charge is -2.46. The molecule has 11 heteroatoms. The molecule has 2 aliphatic heterocycles. The van der Waals surface area contributed by atoms with Crippen LogP contribution in [0.3, 0.4) is 0 Å². The summed E-state index contributed by atoms with van der Waals surface area (Å²) >= 11 is 12.5. The van der Waals surface area contributed by atoms with E-state index in [0.717, 1.165) is 25.3 Å². The number of aromatic carboxylic acids is 1. The Morgan fingerprint density at radius 1 is 1.13 bits per heavy atom. The smallest absolute Gasteiger partial charge is 0.335 e. The molecule has 7 nitrogen and oxygen atoms in total. The minimum atomic E-state index is -1.74. The first-order chi connectivity index (χ1) is 22.2. The van der Waals surface area contributed by atoms with Crippen LogP contribution in [0.2, 0.25) is 10.0 Å². The van der Waals surface area contributed by atoms with Crippen LogP contribution >= 0.6 is 23.2 Å². The number of fused-ring (bicyclic) bond motifs is 1. The Hall–Kier alpha value is -3.71. The number of nitriles is 1. The Kier molecular flexibility index (Phi) is 8.53. The summed E-state index contributed by atoms with van der Waals surface area (Å²) in [4.78, 5) is 30.6. The van der Waals surface area contributed by atoms with Gasteiger partial charge in [0, 0.05) is 22.5 Å². The molecule has 2 saturated heterocycles. The van der Waals surface area contributed by atoms with Crippen LogP contribution in [0, 0.1) is 34.3 Å². The zero-order chi connectivity index (χ0) is 34.0. The maximum Gasteiger partial charge on any atom is 0.335 e. The van der Waals surface area contributed by atoms with Gasteiger partial charge in [-0.25, -0.2) is 13.6 Å². The van der Waals surface area contributed by atoms with Crippen LogP contribution in [0.15, 0.2) is 54.6 Å². The molecule has 0 aromatic heterocycles. The maximum absolute atomic E-state index is 16.3. The highest BCUT2D eigenvalue weighted by atomic mass is 35.5. The van der Waals surface area contributed by atoms with E-state index in [-0.39, 0.29) is 38.4 Å². The number of anilines is 1. The zero-order valence-electron chi connectivity index (χ0n) is 26.4. The lowest BCUT2D eigenvalue weighted by Crippen LogP contribution is -2.55. The minimum absolute atomic E-state index is 0.0101. The second-order valence-corrected chi connectivity index (χ2v) is 14.7. The van der Waals surface area contributed by atoms with Gasteiger partial charge >= 0.3 is 5.97 Å². The Bertz CT molecular complexity index is 1800. The summed E-state index contributed by atoms with van der Waals surface area (Å²) in [5.41, 5.74) is -1.72. The normalized spacial score (nSPS) is 26.2. The molecule has 47 heavy (non-hydrogen) atoms. The van der Waals surface area contributed by atoms with Gasteiger partial charge in [0.05, 0.1) is 35.6 Å². The minimum Gasteiger partial charge on any atom is -0.495 e. The molecule has 0 radical (unpaired) electrons. The molecule has 3 aliphatic rings. The summed E-state index contributed by atoms with van der Waals surface area (Å²) in [6.45, 7) is 6.03. The van der Waals surface area contributed by atoms with E-state index in [4.69, 9.17) is 27.9 Å². The van der Waals surface area contributed by atoms with Crippen molar-refractivity contribution in [3.63, 3.8) is 0 Å².